The minimum atomic E-state index is -3.74. The molecule has 0 saturated carbocycles. The van der Waals surface area contributed by atoms with Gasteiger partial charge in [-0.15, -0.1) is 0 Å². The van der Waals surface area contributed by atoms with E-state index in [9.17, 15) is 16.8 Å². The Labute approximate surface area is 166 Å². The minimum absolute atomic E-state index is 0.0796. The molecule has 8 heteroatoms. The summed E-state index contributed by atoms with van der Waals surface area (Å²) in [6.45, 7) is 1.04. The third-order valence-electron chi connectivity index (χ3n) is 5.50. The van der Waals surface area contributed by atoms with Gasteiger partial charge in [-0.05, 0) is 67.5 Å². The molecule has 1 saturated heterocycles. The molecular formula is C20H24N2O4S2. The lowest BCUT2D eigenvalue weighted by molar-refractivity contribution is 0.477. The molecule has 0 amide bonds. The zero-order valence-corrected chi connectivity index (χ0v) is 17.2. The maximum atomic E-state index is 12.9. The average Bonchev–Trinajstić information content (AvgIpc) is 3.24. The molecule has 1 aliphatic carbocycles. The quantitative estimate of drug-likeness (QED) is 0.806. The van der Waals surface area contributed by atoms with Crippen molar-refractivity contribution < 1.29 is 16.8 Å². The predicted octanol–water partition coefficient (Wildman–Crippen LogP) is 2.83. The summed E-state index contributed by atoms with van der Waals surface area (Å²) in [7, 11) is -7.29. The summed E-state index contributed by atoms with van der Waals surface area (Å²) in [6.07, 6.45) is 4.35. The van der Waals surface area contributed by atoms with E-state index in [1.165, 1.54) is 34.1 Å². The van der Waals surface area contributed by atoms with Gasteiger partial charge in [-0.1, -0.05) is 24.3 Å². The van der Waals surface area contributed by atoms with Gasteiger partial charge in [0.1, 0.15) is 0 Å². The number of nitrogens with one attached hydrogen (secondary N) is 1. The number of sulfonamides is 2. The monoisotopic (exact) mass is 420 g/mol. The predicted molar refractivity (Wildman–Crippen MR) is 107 cm³/mol. The zero-order chi connectivity index (χ0) is 19.8. The Hall–Kier alpha value is -1.74. The number of fused-ring (bicyclic) bond motifs is 1. The number of hydrogen-bond acceptors (Lipinski definition) is 4. The van der Waals surface area contributed by atoms with E-state index in [0.717, 1.165) is 37.7 Å². The zero-order valence-electron chi connectivity index (χ0n) is 15.5. The Morgan fingerprint density at radius 1 is 0.821 bits per heavy atom. The molecular weight excluding hydrogens is 396 g/mol. The van der Waals surface area contributed by atoms with E-state index < -0.39 is 20.0 Å². The highest BCUT2D eigenvalue weighted by Crippen LogP contribution is 2.31. The molecule has 28 heavy (non-hydrogen) atoms. The van der Waals surface area contributed by atoms with Gasteiger partial charge in [-0.25, -0.2) is 21.6 Å². The summed E-state index contributed by atoms with van der Waals surface area (Å²) in [5.41, 5.74) is 2.19. The number of rotatable bonds is 5. The first-order chi connectivity index (χ1) is 13.4. The van der Waals surface area contributed by atoms with Crippen molar-refractivity contribution in [2.45, 2.75) is 47.9 Å². The van der Waals surface area contributed by atoms with Gasteiger partial charge in [-0.2, -0.15) is 4.31 Å². The molecule has 1 N–H and O–H groups in total. The van der Waals surface area contributed by atoms with E-state index in [-0.39, 0.29) is 15.8 Å². The van der Waals surface area contributed by atoms with Crippen LogP contribution in [-0.2, 0) is 26.5 Å². The van der Waals surface area contributed by atoms with E-state index in [0.29, 0.717) is 13.1 Å². The molecule has 1 atom stereocenters. The van der Waals surface area contributed by atoms with Crippen LogP contribution in [0.4, 0.5) is 0 Å². The molecule has 1 aliphatic heterocycles. The smallest absolute Gasteiger partial charge is 0.207 e. The molecule has 0 radical (unpaired) electrons. The third kappa shape index (κ3) is 3.74. The van der Waals surface area contributed by atoms with Crippen molar-refractivity contribution in [1.29, 1.82) is 0 Å². The van der Waals surface area contributed by atoms with Crippen molar-refractivity contribution in [2.75, 3.05) is 13.1 Å². The van der Waals surface area contributed by atoms with Crippen LogP contribution in [0.1, 0.15) is 42.9 Å². The van der Waals surface area contributed by atoms with Gasteiger partial charge < -0.3 is 0 Å². The second-order valence-electron chi connectivity index (χ2n) is 7.35. The van der Waals surface area contributed by atoms with E-state index in [1.54, 1.807) is 0 Å². The van der Waals surface area contributed by atoms with Gasteiger partial charge in [0.15, 0.2) is 0 Å². The van der Waals surface area contributed by atoms with Crippen LogP contribution < -0.4 is 4.72 Å². The lowest BCUT2D eigenvalue weighted by Gasteiger charge is -2.26. The average molecular weight is 421 g/mol. The number of benzene rings is 2. The van der Waals surface area contributed by atoms with Crippen molar-refractivity contribution in [1.82, 2.24) is 9.03 Å². The van der Waals surface area contributed by atoms with Crippen LogP contribution in [0.2, 0.25) is 0 Å². The van der Waals surface area contributed by atoms with Crippen LogP contribution in [-0.4, -0.2) is 34.2 Å². The first-order valence-corrected chi connectivity index (χ1v) is 12.5. The van der Waals surface area contributed by atoms with Crippen molar-refractivity contribution in [3.63, 3.8) is 0 Å². The minimum Gasteiger partial charge on any atom is -0.207 e. The van der Waals surface area contributed by atoms with E-state index in [1.807, 2.05) is 24.3 Å². The molecule has 1 heterocycles. The van der Waals surface area contributed by atoms with Crippen LogP contribution in [0.3, 0.4) is 0 Å². The SMILES string of the molecule is O=S(=O)(NC1CCCc2ccccc21)c1ccc(S(=O)(=O)N2CCCC2)cc1. The van der Waals surface area contributed by atoms with Gasteiger partial charge >= 0.3 is 0 Å². The Kier molecular flexibility index (Phi) is 5.30. The first kappa shape index (κ1) is 19.6. The van der Waals surface area contributed by atoms with Gasteiger partial charge in [0.2, 0.25) is 20.0 Å². The van der Waals surface area contributed by atoms with Crippen molar-refractivity contribution in [3.8, 4) is 0 Å². The molecule has 0 bridgehead atoms. The van der Waals surface area contributed by atoms with E-state index in [2.05, 4.69) is 4.72 Å². The molecule has 1 fully saturated rings. The summed E-state index contributed by atoms with van der Waals surface area (Å²) in [5.74, 6) is 0. The fourth-order valence-electron chi connectivity index (χ4n) is 4.00. The lowest BCUT2D eigenvalue weighted by Crippen LogP contribution is -2.31. The molecule has 0 aromatic heterocycles. The Morgan fingerprint density at radius 3 is 2.18 bits per heavy atom. The van der Waals surface area contributed by atoms with Crippen LogP contribution in [0.25, 0.3) is 0 Å². The highest BCUT2D eigenvalue weighted by atomic mass is 32.2. The number of hydrogen-bond donors (Lipinski definition) is 1. The largest absolute Gasteiger partial charge is 0.243 e. The standard InChI is InChI=1S/C20H24N2O4S2/c23-27(24,21-20-9-5-7-16-6-1-2-8-19(16)20)17-10-12-18(13-11-17)28(25,26)22-14-3-4-15-22/h1-2,6,8,10-13,20-21H,3-5,7,9,14-15H2. The Balaban J connectivity index is 1.56. The van der Waals surface area contributed by atoms with Crippen molar-refractivity contribution in [2.24, 2.45) is 0 Å². The van der Waals surface area contributed by atoms with Crippen LogP contribution >= 0.6 is 0 Å². The molecule has 2 aromatic rings. The summed E-state index contributed by atoms with van der Waals surface area (Å²) < 4.78 is 55.2. The Morgan fingerprint density at radius 2 is 1.46 bits per heavy atom. The second-order valence-corrected chi connectivity index (χ2v) is 11.0. The summed E-state index contributed by atoms with van der Waals surface area (Å²) in [5, 5.41) is 0. The molecule has 2 aliphatic rings. The fraction of sp³-hybridized carbons (Fsp3) is 0.400. The van der Waals surface area contributed by atoms with E-state index >= 15 is 0 Å². The summed E-state index contributed by atoms with van der Waals surface area (Å²) in [6, 6.07) is 13.1. The fourth-order valence-corrected chi connectivity index (χ4v) is 6.77. The molecule has 0 spiro atoms. The third-order valence-corrected chi connectivity index (χ3v) is 8.90. The van der Waals surface area contributed by atoms with Gasteiger partial charge in [0.05, 0.1) is 9.79 Å². The molecule has 1 unspecified atom stereocenters. The molecule has 4 rings (SSSR count). The van der Waals surface area contributed by atoms with Gasteiger partial charge in [0, 0.05) is 19.1 Å². The van der Waals surface area contributed by atoms with Crippen molar-refractivity contribution in [3.05, 3.63) is 59.7 Å². The number of aryl methyl sites for hydroxylation is 1. The lowest BCUT2D eigenvalue weighted by atomic mass is 9.88. The van der Waals surface area contributed by atoms with E-state index in [4.69, 9.17) is 0 Å². The summed E-state index contributed by atoms with van der Waals surface area (Å²) in [4.78, 5) is 0.215. The topological polar surface area (TPSA) is 83.5 Å². The highest BCUT2D eigenvalue weighted by Gasteiger charge is 2.29. The summed E-state index contributed by atoms with van der Waals surface area (Å²) >= 11 is 0. The molecule has 6 nitrogen and oxygen atoms in total. The van der Waals surface area contributed by atoms with Gasteiger partial charge in [0.25, 0.3) is 0 Å². The number of nitrogens with zero attached hydrogens (tertiary/aromatic N) is 1. The second kappa shape index (κ2) is 7.59. The van der Waals surface area contributed by atoms with Gasteiger partial charge in [-0.3, -0.25) is 0 Å². The first-order valence-electron chi connectivity index (χ1n) is 9.58. The Bertz CT molecular complexity index is 1060. The maximum absolute atomic E-state index is 12.9. The molecule has 150 valence electrons. The van der Waals surface area contributed by atoms with Crippen LogP contribution in [0, 0.1) is 0 Å². The van der Waals surface area contributed by atoms with Crippen LogP contribution in [0.15, 0.2) is 58.3 Å². The maximum Gasteiger partial charge on any atom is 0.243 e. The van der Waals surface area contributed by atoms with Crippen LogP contribution in [0.5, 0.6) is 0 Å². The highest BCUT2D eigenvalue weighted by molar-refractivity contribution is 7.89. The van der Waals surface area contributed by atoms with Crippen molar-refractivity contribution >= 4 is 20.0 Å². The molecule has 2 aromatic carbocycles. The normalized spacial score (nSPS) is 20.8.